The summed E-state index contributed by atoms with van der Waals surface area (Å²) in [5.41, 5.74) is 5.94. The number of nitrogen functional groups attached to an aromatic ring is 1. The molecule has 0 aliphatic carbocycles. The fraction of sp³-hybridized carbons (Fsp3) is 0.364. The van der Waals surface area contributed by atoms with E-state index in [1.54, 1.807) is 0 Å². The summed E-state index contributed by atoms with van der Waals surface area (Å²) in [5.74, 6) is -0.307. The first-order valence-electron chi connectivity index (χ1n) is 5.01. The highest BCUT2D eigenvalue weighted by Crippen LogP contribution is 2.37. The normalized spacial score (nSPS) is 10.1. The van der Waals surface area contributed by atoms with Crippen molar-refractivity contribution in [2.24, 2.45) is 0 Å². The van der Waals surface area contributed by atoms with Crippen LogP contribution in [0, 0.1) is 0 Å². The number of hydrogen-bond donors (Lipinski definition) is 1. The van der Waals surface area contributed by atoms with Crippen LogP contribution in [0.15, 0.2) is 6.07 Å². The number of hydrogen-bond acceptors (Lipinski definition) is 4. The monoisotopic (exact) mass is 277 g/mol. The molecule has 4 nitrogen and oxygen atoms in total. The number of halogens is 2. The van der Waals surface area contributed by atoms with Crippen LogP contribution in [0.5, 0.6) is 5.75 Å². The molecule has 0 fully saturated rings. The molecule has 0 aliphatic rings. The molecule has 0 heterocycles. The Morgan fingerprint density at radius 2 is 2.12 bits per heavy atom. The van der Waals surface area contributed by atoms with Crippen molar-refractivity contribution < 1.29 is 14.3 Å². The number of ether oxygens (including phenoxy) is 2. The van der Waals surface area contributed by atoms with Crippen LogP contribution in [0.3, 0.4) is 0 Å². The van der Waals surface area contributed by atoms with Gasteiger partial charge in [-0.25, -0.2) is 4.79 Å². The smallest absolute Gasteiger partial charge is 0.341 e. The van der Waals surface area contributed by atoms with E-state index in [1.165, 1.54) is 13.2 Å². The van der Waals surface area contributed by atoms with Crippen molar-refractivity contribution in [3.8, 4) is 5.75 Å². The van der Waals surface area contributed by atoms with E-state index < -0.39 is 5.97 Å². The lowest BCUT2D eigenvalue weighted by atomic mass is 10.1. The maximum Gasteiger partial charge on any atom is 0.341 e. The summed E-state index contributed by atoms with van der Waals surface area (Å²) in [7, 11) is 1.43. The molecule has 0 bridgehead atoms. The molecule has 6 heteroatoms. The van der Waals surface area contributed by atoms with Gasteiger partial charge in [0.05, 0.1) is 29.4 Å². The van der Waals surface area contributed by atoms with Gasteiger partial charge in [0.2, 0.25) is 0 Å². The molecule has 0 aliphatic heterocycles. The van der Waals surface area contributed by atoms with Crippen LogP contribution in [0.2, 0.25) is 10.0 Å². The van der Waals surface area contributed by atoms with Crippen molar-refractivity contribution in [1.29, 1.82) is 0 Å². The van der Waals surface area contributed by atoms with Gasteiger partial charge in [-0.1, -0.05) is 30.1 Å². The average Bonchev–Trinajstić information content (AvgIpc) is 2.31. The molecule has 0 spiro atoms. The van der Waals surface area contributed by atoms with E-state index in [2.05, 4.69) is 0 Å². The third kappa shape index (κ3) is 2.96. The second-order valence-corrected chi connectivity index (χ2v) is 4.08. The Morgan fingerprint density at radius 3 is 2.65 bits per heavy atom. The minimum absolute atomic E-state index is 0.0458. The number of nitrogens with two attached hydrogens (primary N) is 1. The second-order valence-electron chi connectivity index (χ2n) is 3.30. The Morgan fingerprint density at radius 1 is 1.47 bits per heavy atom. The minimum atomic E-state index is -0.602. The minimum Gasteiger partial charge on any atom is -0.495 e. The zero-order valence-corrected chi connectivity index (χ0v) is 11.1. The van der Waals surface area contributed by atoms with Crippen molar-refractivity contribution in [3.63, 3.8) is 0 Å². The Bertz CT molecular complexity index is 435. The zero-order chi connectivity index (χ0) is 13.0. The van der Waals surface area contributed by atoms with Crippen LogP contribution in [0.4, 0.5) is 5.69 Å². The number of rotatable bonds is 4. The Hall–Kier alpha value is -1.13. The fourth-order valence-electron chi connectivity index (χ4n) is 1.25. The predicted octanol–water partition coefficient (Wildman–Crippen LogP) is 3.15. The first-order chi connectivity index (χ1) is 8.02. The summed E-state index contributed by atoms with van der Waals surface area (Å²) in [6, 6.07) is 1.45. The van der Waals surface area contributed by atoms with Crippen molar-refractivity contribution in [2.75, 3.05) is 19.5 Å². The van der Waals surface area contributed by atoms with Crippen LogP contribution >= 0.6 is 23.2 Å². The Balaban J connectivity index is 3.21. The van der Waals surface area contributed by atoms with Crippen molar-refractivity contribution in [3.05, 3.63) is 21.7 Å². The maximum atomic E-state index is 11.8. The van der Waals surface area contributed by atoms with Gasteiger partial charge in [0.1, 0.15) is 11.3 Å². The van der Waals surface area contributed by atoms with E-state index in [1.807, 2.05) is 6.92 Å². The molecule has 2 N–H and O–H groups in total. The molecule has 0 unspecified atom stereocenters. The summed E-state index contributed by atoms with van der Waals surface area (Å²) in [6.07, 6.45) is 0.709. The molecule has 1 aromatic carbocycles. The molecule has 0 saturated heterocycles. The van der Waals surface area contributed by atoms with Crippen molar-refractivity contribution in [1.82, 2.24) is 0 Å². The van der Waals surface area contributed by atoms with Gasteiger partial charge in [-0.3, -0.25) is 0 Å². The summed E-state index contributed by atoms with van der Waals surface area (Å²) < 4.78 is 9.98. The van der Waals surface area contributed by atoms with E-state index in [0.717, 1.165) is 0 Å². The number of anilines is 1. The van der Waals surface area contributed by atoms with E-state index in [-0.39, 0.29) is 21.3 Å². The molecular formula is C11H13Cl2NO3. The largest absolute Gasteiger partial charge is 0.495 e. The Labute approximate surface area is 110 Å². The van der Waals surface area contributed by atoms with Gasteiger partial charge in [0.15, 0.2) is 0 Å². The van der Waals surface area contributed by atoms with Crippen LogP contribution in [-0.4, -0.2) is 19.7 Å². The highest BCUT2D eigenvalue weighted by molar-refractivity contribution is 6.44. The fourth-order valence-corrected chi connectivity index (χ4v) is 1.68. The molecule has 0 aromatic heterocycles. The van der Waals surface area contributed by atoms with Gasteiger partial charge in [-0.15, -0.1) is 0 Å². The van der Waals surface area contributed by atoms with Gasteiger partial charge in [0, 0.05) is 6.07 Å². The Kier molecular flexibility index (Phi) is 4.90. The maximum absolute atomic E-state index is 11.8. The quantitative estimate of drug-likeness (QED) is 0.678. The molecule has 0 amide bonds. The number of methoxy groups -OCH3 is 1. The SMILES string of the molecule is CCCOC(=O)c1c(N)c(OC)cc(Cl)c1Cl. The first-order valence-corrected chi connectivity index (χ1v) is 5.77. The molecule has 0 radical (unpaired) electrons. The van der Waals surface area contributed by atoms with Gasteiger partial charge in [0.25, 0.3) is 0 Å². The van der Waals surface area contributed by atoms with E-state index >= 15 is 0 Å². The highest BCUT2D eigenvalue weighted by Gasteiger charge is 2.21. The van der Waals surface area contributed by atoms with E-state index in [4.69, 9.17) is 38.4 Å². The van der Waals surface area contributed by atoms with Crippen LogP contribution < -0.4 is 10.5 Å². The van der Waals surface area contributed by atoms with Crippen LogP contribution in [-0.2, 0) is 4.74 Å². The topological polar surface area (TPSA) is 61.5 Å². The van der Waals surface area contributed by atoms with Crippen LogP contribution in [0.25, 0.3) is 0 Å². The second kappa shape index (κ2) is 5.98. The standard InChI is InChI=1S/C11H13Cl2NO3/c1-3-4-17-11(15)8-9(13)6(12)5-7(16-2)10(8)14/h5H,3-4,14H2,1-2H3. The van der Waals surface area contributed by atoms with E-state index in [0.29, 0.717) is 18.8 Å². The molecule has 1 rings (SSSR count). The lowest BCUT2D eigenvalue weighted by Gasteiger charge is -2.12. The molecule has 0 saturated carbocycles. The van der Waals surface area contributed by atoms with Crippen molar-refractivity contribution >= 4 is 34.9 Å². The van der Waals surface area contributed by atoms with Gasteiger partial charge < -0.3 is 15.2 Å². The highest BCUT2D eigenvalue weighted by atomic mass is 35.5. The summed E-state index contributed by atoms with van der Waals surface area (Å²) in [5, 5.41) is 0.271. The van der Waals surface area contributed by atoms with Gasteiger partial charge in [-0.05, 0) is 6.42 Å². The number of carbonyl (C=O) groups excluding carboxylic acids is 1. The van der Waals surface area contributed by atoms with Gasteiger partial charge in [-0.2, -0.15) is 0 Å². The summed E-state index contributed by atoms with van der Waals surface area (Å²) in [4.78, 5) is 11.8. The number of esters is 1. The molecule has 1 aromatic rings. The third-order valence-corrected chi connectivity index (χ3v) is 2.87. The third-order valence-electron chi connectivity index (χ3n) is 2.08. The summed E-state index contributed by atoms with van der Waals surface area (Å²) in [6.45, 7) is 2.18. The van der Waals surface area contributed by atoms with Crippen molar-refractivity contribution in [2.45, 2.75) is 13.3 Å². The number of benzene rings is 1. The number of carbonyl (C=O) groups is 1. The van der Waals surface area contributed by atoms with Gasteiger partial charge >= 0.3 is 5.97 Å². The molecular weight excluding hydrogens is 265 g/mol. The first kappa shape index (κ1) is 13.9. The lowest BCUT2D eigenvalue weighted by molar-refractivity contribution is 0.0506. The summed E-state index contributed by atoms with van der Waals surface area (Å²) >= 11 is 11.8. The zero-order valence-electron chi connectivity index (χ0n) is 9.55. The van der Waals surface area contributed by atoms with E-state index in [9.17, 15) is 4.79 Å². The predicted molar refractivity (Wildman–Crippen MR) is 68.0 cm³/mol. The molecule has 94 valence electrons. The lowest BCUT2D eigenvalue weighted by Crippen LogP contribution is -2.11. The molecule has 0 atom stereocenters. The average molecular weight is 278 g/mol. The molecule has 17 heavy (non-hydrogen) atoms. The van der Waals surface area contributed by atoms with Crippen LogP contribution in [0.1, 0.15) is 23.7 Å².